The van der Waals surface area contributed by atoms with Gasteiger partial charge < -0.3 is 9.47 Å². The quantitative estimate of drug-likeness (QED) is 0.270. The normalized spacial score (nSPS) is 15.2. The number of halogens is 3. The van der Waals surface area contributed by atoms with Gasteiger partial charge in [0.05, 0.1) is 26.9 Å². The standard InChI is InChI=1S/C31H29Cl2FN4O2S/c1-6-36(7-2)30(40)27-18(4)35-31-38(28(27)20-8-10-22(32)11-9-20)29(39)26(41-31)15-21-14-17(3)37(19(21)5)23-12-13-25(34)24(33)16-23/h8-16,28H,6-7H2,1-5H3/b26-15+/t28-/m0/s1. The second-order valence-corrected chi connectivity index (χ2v) is 11.7. The van der Waals surface area contributed by atoms with Crippen LogP contribution in [-0.2, 0) is 4.79 Å². The van der Waals surface area contributed by atoms with Gasteiger partial charge in [-0.1, -0.05) is 46.7 Å². The van der Waals surface area contributed by atoms with E-state index in [4.69, 9.17) is 28.2 Å². The summed E-state index contributed by atoms with van der Waals surface area (Å²) in [6.45, 7) is 10.6. The van der Waals surface area contributed by atoms with E-state index in [0.29, 0.717) is 38.7 Å². The van der Waals surface area contributed by atoms with Gasteiger partial charge in [-0.3, -0.25) is 14.2 Å². The maximum absolute atomic E-state index is 14.1. The summed E-state index contributed by atoms with van der Waals surface area (Å²) in [7, 11) is 0. The van der Waals surface area contributed by atoms with Crippen molar-refractivity contribution < 1.29 is 9.18 Å². The minimum atomic E-state index is -0.646. The molecule has 4 aromatic rings. The minimum Gasteiger partial charge on any atom is -0.339 e. The molecule has 1 aliphatic rings. The molecule has 10 heteroatoms. The average molecular weight is 612 g/mol. The number of thiazole rings is 1. The van der Waals surface area contributed by atoms with Crippen LogP contribution in [0.2, 0.25) is 10.0 Å². The zero-order chi connectivity index (χ0) is 29.6. The van der Waals surface area contributed by atoms with E-state index in [1.54, 1.807) is 33.7 Å². The van der Waals surface area contributed by atoms with Crippen LogP contribution in [0, 0.1) is 19.7 Å². The summed E-state index contributed by atoms with van der Waals surface area (Å²) < 4.78 is 17.9. The minimum absolute atomic E-state index is 0.0393. The maximum atomic E-state index is 14.1. The monoisotopic (exact) mass is 610 g/mol. The fraction of sp³-hybridized carbons (Fsp3) is 0.258. The zero-order valence-corrected chi connectivity index (χ0v) is 25.7. The van der Waals surface area contributed by atoms with Gasteiger partial charge in [-0.25, -0.2) is 9.38 Å². The molecular formula is C31H29Cl2FN4O2S. The number of hydrogen-bond acceptors (Lipinski definition) is 4. The fourth-order valence-corrected chi connectivity index (χ4v) is 6.67. The number of benzene rings is 2. The van der Waals surface area contributed by atoms with Crippen molar-refractivity contribution in [3.8, 4) is 5.69 Å². The fourth-order valence-electron chi connectivity index (χ4n) is 5.33. The molecule has 0 saturated heterocycles. The van der Waals surface area contributed by atoms with Gasteiger partial charge in [0.25, 0.3) is 11.5 Å². The molecule has 3 heterocycles. The Bertz CT molecular complexity index is 1880. The van der Waals surface area contributed by atoms with Crippen molar-refractivity contribution in [1.82, 2.24) is 14.0 Å². The largest absolute Gasteiger partial charge is 0.339 e. The van der Waals surface area contributed by atoms with Gasteiger partial charge in [0.15, 0.2) is 4.80 Å². The van der Waals surface area contributed by atoms with E-state index in [9.17, 15) is 14.0 Å². The van der Waals surface area contributed by atoms with Crippen LogP contribution < -0.4 is 14.9 Å². The highest BCUT2D eigenvalue weighted by Crippen LogP contribution is 2.32. The van der Waals surface area contributed by atoms with Crippen molar-refractivity contribution in [2.24, 2.45) is 4.99 Å². The van der Waals surface area contributed by atoms with Gasteiger partial charge in [0.1, 0.15) is 5.82 Å². The van der Waals surface area contributed by atoms with Crippen LogP contribution >= 0.6 is 34.5 Å². The molecule has 41 heavy (non-hydrogen) atoms. The van der Waals surface area contributed by atoms with Gasteiger partial charge in [0.2, 0.25) is 0 Å². The molecule has 0 unspecified atom stereocenters. The number of aryl methyl sites for hydroxylation is 1. The Balaban J connectivity index is 1.69. The molecule has 2 aromatic carbocycles. The summed E-state index contributed by atoms with van der Waals surface area (Å²) in [6, 6.07) is 13.1. The summed E-state index contributed by atoms with van der Waals surface area (Å²) in [5.41, 5.74) is 4.95. The summed E-state index contributed by atoms with van der Waals surface area (Å²) in [4.78, 5) is 34.8. The topological polar surface area (TPSA) is 59.6 Å². The summed E-state index contributed by atoms with van der Waals surface area (Å²) >= 11 is 13.5. The lowest BCUT2D eigenvalue weighted by molar-refractivity contribution is -0.127. The summed E-state index contributed by atoms with van der Waals surface area (Å²) in [5.74, 6) is -0.629. The first kappa shape index (κ1) is 29.0. The van der Waals surface area contributed by atoms with Crippen molar-refractivity contribution in [3.05, 3.63) is 118 Å². The summed E-state index contributed by atoms with van der Waals surface area (Å²) in [5, 5.41) is 0.605. The molecule has 0 bridgehead atoms. The van der Waals surface area contributed by atoms with Crippen molar-refractivity contribution in [1.29, 1.82) is 0 Å². The maximum Gasteiger partial charge on any atom is 0.271 e. The number of allylic oxidation sites excluding steroid dienone is 1. The molecule has 2 aromatic heterocycles. The third kappa shape index (κ3) is 5.20. The van der Waals surface area contributed by atoms with Gasteiger partial charge in [0, 0.05) is 35.2 Å². The molecular weight excluding hydrogens is 582 g/mol. The smallest absolute Gasteiger partial charge is 0.271 e. The molecule has 0 N–H and O–H groups in total. The van der Waals surface area contributed by atoms with Crippen LogP contribution in [0.3, 0.4) is 0 Å². The van der Waals surface area contributed by atoms with Gasteiger partial charge in [-0.15, -0.1) is 0 Å². The Kier molecular flexibility index (Phi) is 8.10. The number of hydrogen-bond donors (Lipinski definition) is 0. The Morgan fingerprint density at radius 3 is 2.39 bits per heavy atom. The molecule has 0 fully saturated rings. The molecule has 1 atom stereocenters. The molecule has 6 nitrogen and oxygen atoms in total. The van der Waals surface area contributed by atoms with Crippen molar-refractivity contribution in [2.45, 2.75) is 40.7 Å². The van der Waals surface area contributed by atoms with Crippen LogP contribution in [-0.4, -0.2) is 33.0 Å². The van der Waals surface area contributed by atoms with Crippen LogP contribution in [0.4, 0.5) is 4.39 Å². The SMILES string of the molecule is CCN(CC)C(=O)C1=C(C)N=c2s/c(=C/c3cc(C)n(-c4ccc(F)c(Cl)c4)c3C)c(=O)n2[C@H]1c1ccc(Cl)cc1. The number of aromatic nitrogens is 2. The molecule has 0 saturated carbocycles. The molecule has 1 amide bonds. The van der Waals surface area contributed by atoms with E-state index >= 15 is 0 Å². The number of amides is 1. The first-order chi connectivity index (χ1) is 19.5. The number of likely N-dealkylation sites (N-methyl/N-ethyl adjacent to an activating group) is 1. The number of nitrogens with zero attached hydrogens (tertiary/aromatic N) is 4. The van der Waals surface area contributed by atoms with Crippen molar-refractivity contribution >= 4 is 46.5 Å². The van der Waals surface area contributed by atoms with Gasteiger partial charge in [-0.2, -0.15) is 0 Å². The summed E-state index contributed by atoms with van der Waals surface area (Å²) in [6.07, 6.45) is 1.85. The third-order valence-corrected chi connectivity index (χ3v) is 8.93. The van der Waals surface area contributed by atoms with Crippen LogP contribution in [0.5, 0.6) is 0 Å². The highest BCUT2D eigenvalue weighted by molar-refractivity contribution is 7.07. The van der Waals surface area contributed by atoms with E-state index in [1.807, 2.05) is 63.5 Å². The number of carbonyl (C=O) groups is 1. The van der Waals surface area contributed by atoms with Crippen LogP contribution in [0.25, 0.3) is 11.8 Å². The van der Waals surface area contributed by atoms with E-state index < -0.39 is 11.9 Å². The molecule has 5 rings (SSSR count). The second kappa shape index (κ2) is 11.4. The highest BCUT2D eigenvalue weighted by Gasteiger charge is 2.34. The molecule has 0 radical (unpaired) electrons. The number of rotatable bonds is 6. The highest BCUT2D eigenvalue weighted by atomic mass is 35.5. The molecule has 0 aliphatic carbocycles. The lowest BCUT2D eigenvalue weighted by Crippen LogP contribution is -2.43. The Morgan fingerprint density at radius 1 is 1.07 bits per heavy atom. The molecule has 212 valence electrons. The molecule has 0 spiro atoms. The molecule has 1 aliphatic heterocycles. The predicted octanol–water partition coefficient (Wildman–Crippen LogP) is 5.96. The number of carbonyl (C=O) groups excluding carboxylic acids is 1. The Hall–Kier alpha value is -3.46. The van der Waals surface area contributed by atoms with Crippen molar-refractivity contribution in [2.75, 3.05) is 13.1 Å². The van der Waals surface area contributed by atoms with Crippen molar-refractivity contribution in [3.63, 3.8) is 0 Å². The van der Waals surface area contributed by atoms with Gasteiger partial charge >= 0.3 is 0 Å². The van der Waals surface area contributed by atoms with E-state index in [1.165, 1.54) is 17.4 Å². The Labute approximate surface area is 251 Å². The number of fused-ring (bicyclic) bond motifs is 1. The predicted molar refractivity (Wildman–Crippen MR) is 163 cm³/mol. The first-order valence-electron chi connectivity index (χ1n) is 13.3. The van der Waals surface area contributed by atoms with Gasteiger partial charge in [-0.05, 0) is 88.2 Å². The zero-order valence-electron chi connectivity index (χ0n) is 23.3. The van der Waals surface area contributed by atoms with E-state index in [2.05, 4.69) is 0 Å². The third-order valence-electron chi connectivity index (χ3n) is 7.41. The van der Waals surface area contributed by atoms with Crippen LogP contribution in [0.1, 0.15) is 49.3 Å². The first-order valence-corrected chi connectivity index (χ1v) is 14.8. The van der Waals surface area contributed by atoms with E-state index in [-0.39, 0.29) is 16.5 Å². The van der Waals surface area contributed by atoms with E-state index in [0.717, 1.165) is 28.2 Å². The second-order valence-electron chi connectivity index (χ2n) is 9.87. The van der Waals surface area contributed by atoms with Crippen LogP contribution in [0.15, 0.2) is 69.6 Å². The average Bonchev–Trinajstić information content (AvgIpc) is 3.39. The Morgan fingerprint density at radius 2 is 1.76 bits per heavy atom. The lowest BCUT2D eigenvalue weighted by atomic mass is 9.94. The lowest BCUT2D eigenvalue weighted by Gasteiger charge is -2.29.